The Morgan fingerprint density at radius 2 is 2.06 bits per heavy atom. The second kappa shape index (κ2) is 8.97. The largest absolute Gasteiger partial charge is 0.356 e. The lowest BCUT2D eigenvalue weighted by molar-refractivity contribution is -0.0368. The number of benzene rings is 1. The van der Waals surface area contributed by atoms with Crippen LogP contribution in [0.3, 0.4) is 0 Å². The number of halogens is 2. The second-order valence-electron chi connectivity index (χ2n) is 7.18. The first-order valence-corrected chi connectivity index (χ1v) is 11.8. The average Bonchev–Trinajstić information content (AvgIpc) is 3.44. The van der Waals surface area contributed by atoms with Crippen LogP contribution < -0.4 is 0 Å². The van der Waals surface area contributed by atoms with Gasteiger partial charge in [-0.1, -0.05) is 41.7 Å². The van der Waals surface area contributed by atoms with Gasteiger partial charge >= 0.3 is 0 Å². The molecule has 3 aromatic heterocycles. The highest BCUT2D eigenvalue weighted by atomic mass is 32.2. The Morgan fingerprint density at radius 1 is 1.19 bits per heavy atom. The summed E-state index contributed by atoms with van der Waals surface area (Å²) in [5.41, 5.74) is 2.40. The Bertz CT molecular complexity index is 1180. The summed E-state index contributed by atoms with van der Waals surface area (Å²) in [6.07, 6.45) is 1.84. The topological polar surface area (TPSA) is 65.7 Å². The number of fused-ring (bicyclic) bond motifs is 1. The predicted molar refractivity (Wildman–Crippen MR) is 116 cm³/mol. The zero-order valence-corrected chi connectivity index (χ0v) is 18.1. The van der Waals surface area contributed by atoms with Crippen LogP contribution in [0.25, 0.3) is 21.7 Å². The first-order chi connectivity index (χ1) is 15.2. The van der Waals surface area contributed by atoms with Gasteiger partial charge in [0, 0.05) is 23.5 Å². The number of thioether (sulfide) groups is 1. The Balaban J connectivity index is 1.53. The molecule has 0 radical (unpaired) electrons. The smallest absolute Gasteiger partial charge is 0.291 e. The quantitative estimate of drug-likeness (QED) is 0.336. The molecule has 1 aliphatic rings. The van der Waals surface area contributed by atoms with Crippen LogP contribution in [0.5, 0.6) is 0 Å². The van der Waals surface area contributed by atoms with E-state index in [0.717, 1.165) is 46.6 Å². The Morgan fingerprint density at radius 3 is 2.81 bits per heavy atom. The highest BCUT2D eigenvalue weighted by molar-refractivity contribution is 7.98. The van der Waals surface area contributed by atoms with Gasteiger partial charge in [0.1, 0.15) is 5.69 Å². The predicted octanol–water partition coefficient (Wildman–Crippen LogP) is 5.88. The minimum Gasteiger partial charge on any atom is -0.356 e. The molecule has 0 saturated carbocycles. The van der Waals surface area contributed by atoms with Gasteiger partial charge in [0.15, 0.2) is 21.9 Å². The van der Waals surface area contributed by atoms with Crippen LogP contribution in [0.4, 0.5) is 8.78 Å². The molecule has 0 aliphatic carbocycles. The number of hydrogen-bond acceptors (Lipinski definition) is 7. The van der Waals surface area contributed by atoms with Gasteiger partial charge in [0.2, 0.25) is 0 Å². The van der Waals surface area contributed by atoms with E-state index in [0.29, 0.717) is 23.0 Å². The van der Waals surface area contributed by atoms with Crippen molar-refractivity contribution in [2.24, 2.45) is 0 Å². The molecule has 0 amide bonds. The molecule has 1 atom stereocenters. The van der Waals surface area contributed by atoms with Crippen molar-refractivity contribution in [1.29, 1.82) is 0 Å². The van der Waals surface area contributed by atoms with Crippen LogP contribution in [-0.4, -0.2) is 31.6 Å². The number of nitrogens with zero attached hydrogens (tertiary/aromatic N) is 5. The molecule has 1 aliphatic heterocycles. The van der Waals surface area contributed by atoms with Crippen molar-refractivity contribution in [3.8, 4) is 10.7 Å². The van der Waals surface area contributed by atoms with E-state index in [1.54, 1.807) is 16.4 Å². The normalized spacial score (nSPS) is 16.9. The molecule has 0 N–H and O–H groups in total. The van der Waals surface area contributed by atoms with Crippen LogP contribution in [0.15, 0.2) is 47.5 Å². The number of alkyl halides is 2. The van der Waals surface area contributed by atoms with E-state index in [1.165, 1.54) is 5.56 Å². The van der Waals surface area contributed by atoms with Crippen LogP contribution >= 0.6 is 23.1 Å². The monoisotopic (exact) mass is 459 g/mol. The Kier molecular flexibility index (Phi) is 5.93. The van der Waals surface area contributed by atoms with Crippen molar-refractivity contribution >= 4 is 34.1 Å². The molecule has 6 nitrogen and oxygen atoms in total. The zero-order valence-electron chi connectivity index (χ0n) is 16.4. The lowest BCUT2D eigenvalue weighted by Gasteiger charge is -2.23. The first kappa shape index (κ1) is 20.5. The molecule has 5 rings (SSSR count). The van der Waals surface area contributed by atoms with Gasteiger partial charge in [-0.2, -0.15) is 5.10 Å². The van der Waals surface area contributed by atoms with Gasteiger partial charge in [0.25, 0.3) is 6.43 Å². The summed E-state index contributed by atoms with van der Waals surface area (Å²) >= 11 is 2.53. The van der Waals surface area contributed by atoms with E-state index >= 15 is 0 Å². The van der Waals surface area contributed by atoms with Gasteiger partial charge in [0.05, 0.1) is 5.39 Å². The molecule has 1 saturated heterocycles. The highest BCUT2D eigenvalue weighted by Gasteiger charge is 2.25. The van der Waals surface area contributed by atoms with Crippen molar-refractivity contribution in [1.82, 2.24) is 25.0 Å². The second-order valence-corrected chi connectivity index (χ2v) is 9.23. The van der Waals surface area contributed by atoms with Gasteiger partial charge < -0.3 is 4.74 Å². The summed E-state index contributed by atoms with van der Waals surface area (Å²) in [7, 11) is 0. The maximum Gasteiger partial charge on any atom is 0.291 e. The molecule has 4 aromatic rings. The third-order valence-electron chi connectivity index (χ3n) is 5.03. The van der Waals surface area contributed by atoms with E-state index in [-0.39, 0.29) is 11.2 Å². The van der Waals surface area contributed by atoms with Crippen LogP contribution in [0.2, 0.25) is 0 Å². The maximum absolute atomic E-state index is 13.1. The van der Waals surface area contributed by atoms with Crippen molar-refractivity contribution in [3.05, 3.63) is 53.2 Å². The number of rotatable bonds is 6. The summed E-state index contributed by atoms with van der Waals surface area (Å²) in [5, 5.41) is 13.1. The molecule has 31 heavy (non-hydrogen) atoms. The highest BCUT2D eigenvalue weighted by Crippen LogP contribution is 2.36. The summed E-state index contributed by atoms with van der Waals surface area (Å²) < 4.78 is 33.8. The van der Waals surface area contributed by atoms with Crippen molar-refractivity contribution in [2.75, 3.05) is 6.61 Å². The molecule has 10 heteroatoms. The summed E-state index contributed by atoms with van der Waals surface area (Å²) in [5.74, 6) is 0.803. The average molecular weight is 460 g/mol. The van der Waals surface area contributed by atoms with E-state index in [9.17, 15) is 8.78 Å². The molecular weight excluding hydrogens is 440 g/mol. The minimum absolute atomic E-state index is 0.220. The van der Waals surface area contributed by atoms with Crippen LogP contribution in [0.1, 0.15) is 42.5 Å². The van der Waals surface area contributed by atoms with E-state index in [1.807, 2.05) is 30.5 Å². The standard InChI is InChI=1S/C21H19F2N5OS2/c22-18(23)21-26-25-20(31-21)17-15-10-14(30-12-13-6-2-1-3-7-13)11-24-19(15)28(27-17)16-8-4-5-9-29-16/h1-3,6-7,10-11,16,18H,4-5,8-9,12H2. The summed E-state index contributed by atoms with van der Waals surface area (Å²) in [6, 6.07) is 12.2. The molecule has 0 bridgehead atoms. The van der Waals surface area contributed by atoms with Crippen molar-refractivity contribution in [3.63, 3.8) is 0 Å². The number of ether oxygens (including phenoxy) is 1. The van der Waals surface area contributed by atoms with E-state index in [2.05, 4.69) is 27.3 Å². The van der Waals surface area contributed by atoms with E-state index < -0.39 is 6.43 Å². The first-order valence-electron chi connectivity index (χ1n) is 9.97. The fourth-order valence-electron chi connectivity index (χ4n) is 3.52. The lowest BCUT2D eigenvalue weighted by Crippen LogP contribution is -2.19. The molecule has 160 valence electrons. The molecule has 1 aromatic carbocycles. The molecule has 1 fully saturated rings. The SMILES string of the molecule is FC(F)c1nnc(-c2nn(C3CCCCO3)c3ncc(SCc4ccccc4)cc23)s1. The van der Waals surface area contributed by atoms with Gasteiger partial charge in [-0.05, 0) is 30.9 Å². The van der Waals surface area contributed by atoms with Crippen molar-refractivity contribution in [2.45, 2.75) is 42.6 Å². The summed E-state index contributed by atoms with van der Waals surface area (Å²) in [4.78, 5) is 5.64. The Labute approximate surface area is 185 Å². The molecular formula is C21H19F2N5OS2. The number of pyridine rings is 1. The van der Waals surface area contributed by atoms with E-state index in [4.69, 9.17) is 9.84 Å². The number of aromatic nitrogens is 5. The van der Waals surface area contributed by atoms with Gasteiger partial charge in [-0.25, -0.2) is 18.4 Å². The minimum atomic E-state index is -2.66. The Hall–Kier alpha value is -2.43. The lowest BCUT2D eigenvalue weighted by atomic mass is 10.2. The number of hydrogen-bond donors (Lipinski definition) is 0. The molecule has 4 heterocycles. The molecule has 1 unspecified atom stereocenters. The maximum atomic E-state index is 13.1. The third-order valence-corrected chi connectivity index (χ3v) is 7.00. The van der Waals surface area contributed by atoms with Gasteiger partial charge in [-0.3, -0.25) is 0 Å². The fourth-order valence-corrected chi connectivity index (χ4v) is 5.07. The zero-order chi connectivity index (χ0) is 21.2. The summed E-state index contributed by atoms with van der Waals surface area (Å²) in [6.45, 7) is 0.667. The van der Waals surface area contributed by atoms with Crippen molar-refractivity contribution < 1.29 is 13.5 Å². The van der Waals surface area contributed by atoms with Crippen LogP contribution in [0, 0.1) is 0 Å². The fraction of sp³-hybridized carbons (Fsp3) is 0.333. The molecule has 0 spiro atoms. The third kappa shape index (κ3) is 4.32. The van der Waals surface area contributed by atoms with Crippen LogP contribution in [-0.2, 0) is 10.5 Å². The van der Waals surface area contributed by atoms with Gasteiger partial charge in [-0.15, -0.1) is 22.0 Å².